The van der Waals surface area contributed by atoms with Crippen LogP contribution in [0.1, 0.15) is 0 Å². The molecule has 0 amide bonds. The van der Waals surface area contributed by atoms with Gasteiger partial charge in [0.25, 0.3) is 0 Å². The van der Waals surface area contributed by atoms with Gasteiger partial charge in [-0.2, -0.15) is 39.5 Å². The molecule has 0 unspecified atom stereocenters. The lowest BCUT2D eigenvalue weighted by atomic mass is 10.0. The minimum absolute atomic E-state index is 2.04. The molecule has 0 radical (unpaired) electrons. The number of hydrogen-bond acceptors (Lipinski definition) is 1. The quantitative estimate of drug-likeness (QED) is 0.702. The maximum atomic E-state index is 12.4. The van der Waals surface area contributed by atoms with Gasteiger partial charge in [0, 0.05) is 0 Å². The van der Waals surface area contributed by atoms with Crippen molar-refractivity contribution in [3.63, 3.8) is 0 Å². The van der Waals surface area contributed by atoms with Crippen LogP contribution in [-0.2, 0) is 4.74 Å². The summed E-state index contributed by atoms with van der Waals surface area (Å²) in [5.41, 5.74) is 0. The Morgan fingerprint density at radius 3 is 1.41 bits per heavy atom. The summed E-state index contributed by atoms with van der Waals surface area (Å²) < 4.78 is 123. The van der Waals surface area contributed by atoms with Gasteiger partial charge in [-0.15, -0.1) is 0 Å². The van der Waals surface area contributed by atoms with Crippen LogP contribution >= 0.6 is 0 Å². The van der Waals surface area contributed by atoms with Gasteiger partial charge in [-0.3, -0.25) is 0 Å². The maximum Gasteiger partial charge on any atom is 0.460 e. The summed E-state index contributed by atoms with van der Waals surface area (Å²) in [6, 6.07) is 0. The lowest BCUT2D eigenvalue weighted by molar-refractivity contribution is -0.400. The zero-order valence-electron chi connectivity index (χ0n) is 7.60. The number of halogens is 10. The van der Waals surface area contributed by atoms with Gasteiger partial charge in [-0.25, -0.2) is 4.39 Å². The first-order valence-corrected chi connectivity index (χ1v) is 3.65. The van der Waals surface area contributed by atoms with Crippen molar-refractivity contribution in [1.29, 1.82) is 0 Å². The normalized spacial score (nSPS) is 15.2. The summed E-state index contributed by atoms with van der Waals surface area (Å²) in [6.45, 7) is -4.65. The fourth-order valence-electron chi connectivity index (χ4n) is 0.665. The second-order valence-corrected chi connectivity index (χ2v) is 2.81. The van der Waals surface area contributed by atoms with Gasteiger partial charge in [-0.05, 0) is 0 Å². The van der Waals surface area contributed by atoms with Crippen LogP contribution in [0.2, 0.25) is 0 Å². The van der Waals surface area contributed by atoms with E-state index in [-0.39, 0.29) is 0 Å². The third-order valence-electron chi connectivity index (χ3n) is 1.57. The van der Waals surface area contributed by atoms with Gasteiger partial charge in [0.05, 0.1) is 0 Å². The second-order valence-electron chi connectivity index (χ2n) is 2.81. The number of alkyl halides is 10. The minimum Gasteiger partial charge on any atom is -0.344 e. The summed E-state index contributed by atoms with van der Waals surface area (Å²) in [7, 11) is 0. The fraction of sp³-hybridized carbons (Fsp3) is 1.00. The molecule has 0 saturated carbocycles. The second kappa shape index (κ2) is 4.50. The molecule has 0 aliphatic heterocycles. The van der Waals surface area contributed by atoms with E-state index in [0.717, 1.165) is 0 Å². The first-order valence-electron chi connectivity index (χ1n) is 3.65. The Hall–Kier alpha value is -0.740. The summed E-state index contributed by atoms with van der Waals surface area (Å²) in [6.07, 6.45) is -6.88. The van der Waals surface area contributed by atoms with Crippen LogP contribution < -0.4 is 0 Å². The van der Waals surface area contributed by atoms with Crippen molar-refractivity contribution in [2.45, 2.75) is 23.9 Å². The van der Waals surface area contributed by atoms with Gasteiger partial charge in [-0.1, -0.05) is 0 Å². The average Bonchev–Trinajstić information content (AvgIpc) is 2.12. The molecule has 0 aliphatic rings. The van der Waals surface area contributed by atoms with Crippen LogP contribution in [0.15, 0.2) is 0 Å². The molecule has 17 heavy (non-hydrogen) atoms. The van der Waals surface area contributed by atoms with E-state index in [1.165, 1.54) is 0 Å². The van der Waals surface area contributed by atoms with Crippen molar-refractivity contribution in [1.82, 2.24) is 0 Å². The van der Waals surface area contributed by atoms with E-state index in [1.807, 2.05) is 0 Å². The molecule has 0 aromatic heterocycles. The molecule has 0 heterocycles. The Labute approximate surface area is 87.3 Å². The third-order valence-corrected chi connectivity index (χ3v) is 1.57. The molecule has 0 aromatic carbocycles. The lowest BCUT2D eigenvalue weighted by Crippen LogP contribution is -2.62. The molecule has 0 aromatic rings. The van der Waals surface area contributed by atoms with Gasteiger partial charge < -0.3 is 4.74 Å². The lowest BCUT2D eigenvalue weighted by Gasteiger charge is -2.33. The van der Waals surface area contributed by atoms with Crippen molar-refractivity contribution in [3.05, 3.63) is 0 Å². The van der Waals surface area contributed by atoms with Crippen LogP contribution in [0.4, 0.5) is 43.9 Å². The molecule has 0 spiro atoms. The van der Waals surface area contributed by atoms with Gasteiger partial charge in [0.15, 0.2) is 6.86 Å². The standard InChI is InChI=1S/C6H4F10O/c7-2-17-1-3(8,9)4(10,11)5(12,13)6(14,15)16/h1-2H2. The average molecular weight is 282 g/mol. The van der Waals surface area contributed by atoms with E-state index >= 15 is 0 Å². The fourth-order valence-corrected chi connectivity index (χ4v) is 0.665. The Bertz CT molecular complexity index is 256. The monoisotopic (exact) mass is 282 g/mol. The molecular weight excluding hydrogens is 278 g/mol. The van der Waals surface area contributed by atoms with Gasteiger partial charge >= 0.3 is 23.9 Å². The molecule has 0 aliphatic carbocycles. The Morgan fingerprint density at radius 1 is 0.706 bits per heavy atom. The third kappa shape index (κ3) is 2.75. The molecule has 0 N–H and O–H groups in total. The first kappa shape index (κ1) is 16.3. The molecule has 11 heteroatoms. The Morgan fingerprint density at radius 2 is 1.12 bits per heavy atom. The summed E-state index contributed by atoms with van der Waals surface area (Å²) >= 11 is 0. The SMILES string of the molecule is FCOCC(F)(F)C(F)(F)C(F)(F)C(F)(F)F. The van der Waals surface area contributed by atoms with Crippen molar-refractivity contribution in [3.8, 4) is 0 Å². The van der Waals surface area contributed by atoms with E-state index < -0.39 is 37.4 Å². The molecule has 0 rings (SSSR count). The zero-order chi connectivity index (χ0) is 14.1. The Kier molecular flexibility index (Phi) is 4.30. The Balaban J connectivity index is 5.24. The zero-order valence-corrected chi connectivity index (χ0v) is 7.60. The highest BCUT2D eigenvalue weighted by atomic mass is 19.4. The molecule has 0 atom stereocenters. The highest BCUT2D eigenvalue weighted by molar-refractivity contribution is 5.00. The van der Waals surface area contributed by atoms with E-state index in [0.29, 0.717) is 0 Å². The maximum absolute atomic E-state index is 12.4. The van der Waals surface area contributed by atoms with Gasteiger partial charge in [0.2, 0.25) is 0 Å². The van der Waals surface area contributed by atoms with Crippen molar-refractivity contribution in [2.24, 2.45) is 0 Å². The van der Waals surface area contributed by atoms with Crippen molar-refractivity contribution < 1.29 is 48.6 Å². The number of hydrogen-bond donors (Lipinski definition) is 0. The highest BCUT2D eigenvalue weighted by Crippen LogP contribution is 2.52. The van der Waals surface area contributed by atoms with Crippen molar-refractivity contribution in [2.75, 3.05) is 13.5 Å². The smallest absolute Gasteiger partial charge is 0.344 e. The summed E-state index contributed by atoms with van der Waals surface area (Å²) in [5, 5.41) is 0. The predicted molar refractivity (Wildman–Crippen MR) is 32.8 cm³/mol. The summed E-state index contributed by atoms with van der Waals surface area (Å²) in [4.78, 5) is 0. The van der Waals surface area contributed by atoms with E-state index in [2.05, 4.69) is 4.74 Å². The van der Waals surface area contributed by atoms with Crippen LogP contribution in [-0.4, -0.2) is 37.4 Å². The van der Waals surface area contributed by atoms with Crippen molar-refractivity contribution >= 4 is 0 Å². The van der Waals surface area contributed by atoms with Gasteiger partial charge in [0.1, 0.15) is 6.61 Å². The molecule has 1 nitrogen and oxygen atoms in total. The minimum atomic E-state index is -6.97. The largest absolute Gasteiger partial charge is 0.460 e. The van der Waals surface area contributed by atoms with E-state index in [4.69, 9.17) is 0 Å². The molecule has 0 bridgehead atoms. The highest BCUT2D eigenvalue weighted by Gasteiger charge is 2.81. The van der Waals surface area contributed by atoms with Crippen LogP contribution in [0.25, 0.3) is 0 Å². The topological polar surface area (TPSA) is 9.23 Å². The predicted octanol–water partition coefficient (Wildman–Crippen LogP) is 3.40. The number of ether oxygens (including phenoxy) is 1. The molecule has 0 saturated heterocycles. The van der Waals surface area contributed by atoms with Crippen LogP contribution in [0.5, 0.6) is 0 Å². The molecular formula is C6H4F10O. The summed E-state index contributed by atoms with van der Waals surface area (Å²) in [5.74, 6) is -19.6. The first-order chi connectivity index (χ1) is 7.31. The molecule has 104 valence electrons. The molecule has 0 fully saturated rings. The van der Waals surface area contributed by atoms with Crippen LogP contribution in [0.3, 0.4) is 0 Å². The number of rotatable bonds is 5. The van der Waals surface area contributed by atoms with Crippen LogP contribution in [0, 0.1) is 0 Å². The van der Waals surface area contributed by atoms with E-state index in [1.54, 1.807) is 0 Å². The van der Waals surface area contributed by atoms with E-state index in [9.17, 15) is 43.9 Å².